The molecule has 1 aromatic rings. The zero-order valence-corrected chi connectivity index (χ0v) is 10.9. The number of hydrogen-bond donors (Lipinski definition) is 2. The Morgan fingerprint density at radius 2 is 2.21 bits per heavy atom. The van der Waals surface area contributed by atoms with Crippen molar-refractivity contribution in [1.29, 1.82) is 0 Å². The average molecular weight is 262 g/mol. The smallest absolute Gasteiger partial charge is 0.326 e. The molecule has 0 aromatic heterocycles. The van der Waals surface area contributed by atoms with Crippen molar-refractivity contribution in [3.05, 3.63) is 29.3 Å². The molecular formula is C14H18N2O3. The number of rotatable bonds is 4. The fourth-order valence-corrected chi connectivity index (χ4v) is 2.43. The van der Waals surface area contributed by atoms with Crippen LogP contribution >= 0.6 is 0 Å². The Morgan fingerprint density at radius 1 is 1.47 bits per heavy atom. The number of anilines is 1. The summed E-state index contributed by atoms with van der Waals surface area (Å²) in [5.41, 5.74) is 8.40. The van der Waals surface area contributed by atoms with Gasteiger partial charge in [0.15, 0.2) is 0 Å². The van der Waals surface area contributed by atoms with Crippen molar-refractivity contribution in [2.45, 2.75) is 32.2 Å². The summed E-state index contributed by atoms with van der Waals surface area (Å²) in [7, 11) is 0. The van der Waals surface area contributed by atoms with Crippen LogP contribution in [0.5, 0.6) is 0 Å². The Morgan fingerprint density at radius 3 is 2.84 bits per heavy atom. The fraction of sp³-hybridized carbons (Fsp3) is 0.429. The van der Waals surface area contributed by atoms with Crippen LogP contribution in [0.1, 0.15) is 24.5 Å². The Bertz CT molecular complexity index is 513. The highest BCUT2D eigenvalue weighted by Gasteiger charge is 2.31. The highest BCUT2D eigenvalue weighted by atomic mass is 16.4. The molecule has 0 fully saturated rings. The maximum absolute atomic E-state index is 12.0. The van der Waals surface area contributed by atoms with Crippen LogP contribution in [-0.2, 0) is 22.4 Å². The van der Waals surface area contributed by atoms with Crippen molar-refractivity contribution >= 4 is 17.6 Å². The van der Waals surface area contributed by atoms with Crippen LogP contribution < -0.4 is 10.6 Å². The molecule has 1 aliphatic heterocycles. The molecule has 1 unspecified atom stereocenters. The number of carboxylic acid groups (broad SMARTS) is 1. The molecule has 1 aliphatic rings. The number of fused-ring (bicyclic) bond motifs is 1. The van der Waals surface area contributed by atoms with Crippen LogP contribution in [0.2, 0.25) is 0 Å². The van der Waals surface area contributed by atoms with Crippen LogP contribution in [0, 0.1) is 0 Å². The molecule has 2 rings (SSSR count). The van der Waals surface area contributed by atoms with Crippen molar-refractivity contribution in [2.75, 3.05) is 11.4 Å². The Balaban J connectivity index is 2.39. The van der Waals surface area contributed by atoms with Gasteiger partial charge in [-0.25, -0.2) is 4.79 Å². The summed E-state index contributed by atoms with van der Waals surface area (Å²) in [5.74, 6) is -1.12. The Kier molecular flexibility index (Phi) is 3.85. The summed E-state index contributed by atoms with van der Waals surface area (Å²) >= 11 is 0. The van der Waals surface area contributed by atoms with Crippen molar-refractivity contribution in [2.24, 2.45) is 5.73 Å². The number of nitrogens with two attached hydrogens (primary N) is 1. The molecule has 3 N–H and O–H groups in total. The molecule has 19 heavy (non-hydrogen) atoms. The number of carbonyl (C=O) groups is 2. The fourth-order valence-electron chi connectivity index (χ4n) is 2.43. The van der Waals surface area contributed by atoms with Crippen LogP contribution in [-0.4, -0.2) is 29.6 Å². The minimum atomic E-state index is -0.993. The SMILES string of the molecule is CC(C(=O)O)N1C(=O)CCc2cc(CCN)ccc21. The topological polar surface area (TPSA) is 83.6 Å². The number of amides is 1. The van der Waals surface area contributed by atoms with E-state index in [0.717, 1.165) is 17.5 Å². The molecule has 0 bridgehead atoms. The molecule has 0 spiro atoms. The van der Waals surface area contributed by atoms with Gasteiger partial charge in [-0.1, -0.05) is 12.1 Å². The molecular weight excluding hydrogens is 244 g/mol. The monoisotopic (exact) mass is 262 g/mol. The lowest BCUT2D eigenvalue weighted by atomic mass is 9.96. The number of benzene rings is 1. The first-order chi connectivity index (χ1) is 9.04. The van der Waals surface area contributed by atoms with Gasteiger partial charge in [-0.3, -0.25) is 9.69 Å². The summed E-state index contributed by atoms with van der Waals surface area (Å²) < 4.78 is 0. The van der Waals surface area contributed by atoms with Crippen molar-refractivity contribution in [3.8, 4) is 0 Å². The maximum Gasteiger partial charge on any atom is 0.326 e. The third-order valence-corrected chi connectivity index (χ3v) is 3.46. The molecule has 0 radical (unpaired) electrons. The van der Waals surface area contributed by atoms with Crippen LogP contribution in [0.3, 0.4) is 0 Å². The normalized spacial score (nSPS) is 16.1. The van der Waals surface area contributed by atoms with E-state index in [0.29, 0.717) is 25.1 Å². The van der Waals surface area contributed by atoms with Gasteiger partial charge in [0.1, 0.15) is 6.04 Å². The number of aryl methyl sites for hydroxylation is 1. The summed E-state index contributed by atoms with van der Waals surface area (Å²) in [6.07, 6.45) is 1.81. The zero-order valence-electron chi connectivity index (χ0n) is 10.9. The number of carboxylic acids is 1. The van der Waals surface area contributed by atoms with E-state index in [1.165, 1.54) is 11.8 Å². The van der Waals surface area contributed by atoms with Gasteiger partial charge in [-0.2, -0.15) is 0 Å². The van der Waals surface area contributed by atoms with E-state index in [1.807, 2.05) is 18.2 Å². The number of hydrogen-bond acceptors (Lipinski definition) is 3. The predicted molar refractivity (Wildman–Crippen MR) is 72.1 cm³/mol. The first-order valence-electron chi connectivity index (χ1n) is 6.41. The maximum atomic E-state index is 12.0. The van der Waals surface area contributed by atoms with E-state index in [4.69, 9.17) is 10.8 Å². The molecule has 1 amide bonds. The summed E-state index contributed by atoms with van der Waals surface area (Å²) in [5, 5.41) is 9.11. The van der Waals surface area contributed by atoms with Gasteiger partial charge in [0, 0.05) is 12.1 Å². The van der Waals surface area contributed by atoms with Crippen LogP contribution in [0.4, 0.5) is 5.69 Å². The molecule has 5 nitrogen and oxygen atoms in total. The van der Waals surface area contributed by atoms with Crippen LogP contribution in [0.25, 0.3) is 0 Å². The van der Waals surface area contributed by atoms with E-state index >= 15 is 0 Å². The van der Waals surface area contributed by atoms with Gasteiger partial charge in [0.05, 0.1) is 0 Å². The van der Waals surface area contributed by atoms with Crippen molar-refractivity contribution in [1.82, 2.24) is 0 Å². The Hall–Kier alpha value is -1.88. The lowest BCUT2D eigenvalue weighted by molar-refractivity contribution is -0.139. The minimum Gasteiger partial charge on any atom is -0.480 e. The molecule has 5 heteroatoms. The largest absolute Gasteiger partial charge is 0.480 e. The third kappa shape index (κ3) is 2.61. The second-order valence-electron chi connectivity index (χ2n) is 4.78. The predicted octanol–water partition coefficient (Wildman–Crippen LogP) is 0.940. The summed E-state index contributed by atoms with van der Waals surface area (Å²) in [6.45, 7) is 2.11. The first-order valence-corrected chi connectivity index (χ1v) is 6.41. The summed E-state index contributed by atoms with van der Waals surface area (Å²) in [6, 6.07) is 4.92. The third-order valence-electron chi connectivity index (χ3n) is 3.46. The quantitative estimate of drug-likeness (QED) is 0.846. The molecule has 1 aromatic carbocycles. The zero-order chi connectivity index (χ0) is 14.0. The molecule has 0 saturated heterocycles. The van der Waals surface area contributed by atoms with Crippen molar-refractivity contribution in [3.63, 3.8) is 0 Å². The minimum absolute atomic E-state index is 0.131. The molecule has 102 valence electrons. The van der Waals surface area contributed by atoms with Gasteiger partial charge in [-0.15, -0.1) is 0 Å². The van der Waals surface area contributed by atoms with Gasteiger partial charge < -0.3 is 10.8 Å². The molecule has 1 heterocycles. The van der Waals surface area contributed by atoms with Gasteiger partial charge >= 0.3 is 5.97 Å². The molecule has 1 atom stereocenters. The van der Waals surface area contributed by atoms with Gasteiger partial charge in [0.2, 0.25) is 5.91 Å². The lowest BCUT2D eigenvalue weighted by Crippen LogP contribution is -2.45. The number of aliphatic carboxylic acids is 1. The van der Waals surface area contributed by atoms with E-state index in [-0.39, 0.29) is 5.91 Å². The average Bonchev–Trinajstić information content (AvgIpc) is 2.38. The number of carbonyl (C=O) groups excluding carboxylic acids is 1. The Labute approximate surface area is 112 Å². The highest BCUT2D eigenvalue weighted by molar-refractivity contribution is 6.01. The number of nitrogens with zero attached hydrogens (tertiary/aromatic N) is 1. The standard InChI is InChI=1S/C14H18N2O3/c1-9(14(18)19)16-12-4-2-10(6-7-15)8-11(12)3-5-13(16)17/h2,4,8-9H,3,5-7,15H2,1H3,(H,18,19). The summed E-state index contributed by atoms with van der Waals surface area (Å²) in [4.78, 5) is 24.5. The van der Waals surface area contributed by atoms with E-state index in [9.17, 15) is 9.59 Å². The highest BCUT2D eigenvalue weighted by Crippen LogP contribution is 2.30. The molecule has 0 saturated carbocycles. The van der Waals surface area contributed by atoms with E-state index in [1.54, 1.807) is 0 Å². The van der Waals surface area contributed by atoms with E-state index < -0.39 is 12.0 Å². The van der Waals surface area contributed by atoms with Gasteiger partial charge in [0.25, 0.3) is 0 Å². The van der Waals surface area contributed by atoms with Crippen molar-refractivity contribution < 1.29 is 14.7 Å². The second kappa shape index (κ2) is 5.40. The molecule has 0 aliphatic carbocycles. The van der Waals surface area contributed by atoms with E-state index in [2.05, 4.69) is 0 Å². The van der Waals surface area contributed by atoms with Gasteiger partial charge in [-0.05, 0) is 43.5 Å². The lowest BCUT2D eigenvalue weighted by Gasteiger charge is -2.32. The first kappa shape index (κ1) is 13.5. The van der Waals surface area contributed by atoms with Crippen LogP contribution in [0.15, 0.2) is 18.2 Å². The second-order valence-corrected chi connectivity index (χ2v) is 4.78.